The molecule has 4 heteroatoms. The fourth-order valence-corrected chi connectivity index (χ4v) is 2.68. The van der Waals surface area contributed by atoms with Crippen LogP contribution in [0.25, 0.3) is 0 Å². The summed E-state index contributed by atoms with van der Waals surface area (Å²) in [5.74, 6) is 0.999. The normalized spacial score (nSPS) is 10.3. The molecule has 3 aromatic rings. The maximum Gasteiger partial charge on any atom is 0.255 e. The van der Waals surface area contributed by atoms with Gasteiger partial charge in [0.05, 0.1) is 6.61 Å². The predicted octanol–water partition coefficient (Wildman–Crippen LogP) is 5.23. The summed E-state index contributed by atoms with van der Waals surface area (Å²) in [6.45, 7) is 4.79. The Morgan fingerprint density at radius 2 is 1.63 bits per heavy atom. The number of rotatable bonds is 7. The second kappa shape index (κ2) is 8.90. The highest BCUT2D eigenvalue weighted by Gasteiger charge is 2.13. The number of amides is 1. The van der Waals surface area contributed by atoms with Gasteiger partial charge in [0.15, 0.2) is 11.5 Å². The summed E-state index contributed by atoms with van der Waals surface area (Å²) in [5, 5.41) is 2.94. The number of aryl methyl sites for hydroxylation is 1. The fraction of sp³-hybridized carbons (Fsp3) is 0.174. The SMILES string of the molecule is CCOc1cc(C(=O)Nc2ccccc2C)ccc1OCc1ccccc1. The molecule has 0 aliphatic carbocycles. The number of anilines is 1. The average Bonchev–Trinajstić information content (AvgIpc) is 2.69. The third kappa shape index (κ3) is 4.88. The van der Waals surface area contributed by atoms with Crippen LogP contribution in [0.5, 0.6) is 11.5 Å². The molecule has 0 bridgehead atoms. The number of benzene rings is 3. The lowest BCUT2D eigenvalue weighted by atomic mass is 10.1. The van der Waals surface area contributed by atoms with Crippen LogP contribution in [0.2, 0.25) is 0 Å². The van der Waals surface area contributed by atoms with Gasteiger partial charge in [0.25, 0.3) is 5.91 Å². The molecule has 138 valence electrons. The summed E-state index contributed by atoms with van der Waals surface area (Å²) in [6.07, 6.45) is 0. The van der Waals surface area contributed by atoms with Gasteiger partial charge in [-0.2, -0.15) is 0 Å². The molecular formula is C23H23NO3. The summed E-state index contributed by atoms with van der Waals surface area (Å²) in [6, 6.07) is 22.9. The monoisotopic (exact) mass is 361 g/mol. The lowest BCUT2D eigenvalue weighted by Gasteiger charge is -2.14. The van der Waals surface area contributed by atoms with Crippen molar-refractivity contribution >= 4 is 11.6 Å². The first-order valence-electron chi connectivity index (χ1n) is 8.98. The molecule has 1 N–H and O–H groups in total. The number of hydrogen-bond donors (Lipinski definition) is 1. The second-order valence-electron chi connectivity index (χ2n) is 6.14. The van der Waals surface area contributed by atoms with E-state index in [0.717, 1.165) is 16.8 Å². The zero-order valence-electron chi connectivity index (χ0n) is 15.6. The first kappa shape index (κ1) is 18.5. The van der Waals surface area contributed by atoms with E-state index in [4.69, 9.17) is 9.47 Å². The first-order chi connectivity index (χ1) is 13.2. The quantitative estimate of drug-likeness (QED) is 0.627. The minimum atomic E-state index is -0.181. The van der Waals surface area contributed by atoms with Crippen molar-refractivity contribution in [3.8, 4) is 11.5 Å². The Bertz CT molecular complexity index is 907. The molecule has 1 amide bonds. The lowest BCUT2D eigenvalue weighted by Crippen LogP contribution is -2.13. The highest BCUT2D eigenvalue weighted by atomic mass is 16.5. The molecule has 3 rings (SSSR count). The number of ether oxygens (including phenoxy) is 2. The van der Waals surface area contributed by atoms with Gasteiger partial charge in [0, 0.05) is 11.3 Å². The molecule has 0 unspecified atom stereocenters. The van der Waals surface area contributed by atoms with Crippen molar-refractivity contribution in [1.82, 2.24) is 0 Å². The van der Waals surface area contributed by atoms with Crippen molar-refractivity contribution in [3.05, 3.63) is 89.5 Å². The van der Waals surface area contributed by atoms with Crippen molar-refractivity contribution in [2.24, 2.45) is 0 Å². The van der Waals surface area contributed by atoms with Crippen LogP contribution in [0.3, 0.4) is 0 Å². The maximum atomic E-state index is 12.6. The van der Waals surface area contributed by atoms with Gasteiger partial charge >= 0.3 is 0 Å². The Labute approximate surface area is 159 Å². The number of hydrogen-bond acceptors (Lipinski definition) is 3. The van der Waals surface area contributed by atoms with Crippen LogP contribution in [0.1, 0.15) is 28.4 Å². The van der Waals surface area contributed by atoms with Gasteiger partial charge in [-0.15, -0.1) is 0 Å². The summed E-state index contributed by atoms with van der Waals surface area (Å²) >= 11 is 0. The summed E-state index contributed by atoms with van der Waals surface area (Å²) < 4.78 is 11.6. The molecular weight excluding hydrogens is 338 g/mol. The molecule has 4 nitrogen and oxygen atoms in total. The minimum Gasteiger partial charge on any atom is -0.490 e. The molecule has 0 aliphatic heterocycles. The van der Waals surface area contributed by atoms with E-state index in [2.05, 4.69) is 5.32 Å². The summed E-state index contributed by atoms with van der Waals surface area (Å²) in [7, 11) is 0. The molecule has 0 atom stereocenters. The Morgan fingerprint density at radius 1 is 0.889 bits per heavy atom. The summed E-state index contributed by atoms with van der Waals surface area (Å²) in [4.78, 5) is 12.6. The molecule has 0 aliphatic rings. The van der Waals surface area contributed by atoms with Crippen LogP contribution in [-0.2, 0) is 6.61 Å². The van der Waals surface area contributed by atoms with Crippen LogP contribution in [0.15, 0.2) is 72.8 Å². The van der Waals surface area contributed by atoms with E-state index in [1.807, 2.05) is 68.4 Å². The molecule has 0 spiro atoms. The first-order valence-corrected chi connectivity index (χ1v) is 8.98. The van der Waals surface area contributed by atoms with Crippen LogP contribution in [0, 0.1) is 6.92 Å². The molecule has 0 radical (unpaired) electrons. The minimum absolute atomic E-state index is 0.181. The van der Waals surface area contributed by atoms with Crippen molar-refractivity contribution in [3.63, 3.8) is 0 Å². The largest absolute Gasteiger partial charge is 0.490 e. The molecule has 3 aromatic carbocycles. The molecule has 0 fully saturated rings. The van der Waals surface area contributed by atoms with E-state index < -0.39 is 0 Å². The predicted molar refractivity (Wildman–Crippen MR) is 108 cm³/mol. The number of nitrogens with one attached hydrogen (secondary N) is 1. The van der Waals surface area contributed by atoms with Crippen molar-refractivity contribution in [2.45, 2.75) is 20.5 Å². The standard InChI is InChI=1S/C23H23NO3/c1-3-26-22-15-19(23(25)24-20-12-8-7-9-17(20)2)13-14-21(22)27-16-18-10-5-4-6-11-18/h4-15H,3,16H2,1-2H3,(H,24,25). The molecule has 0 aromatic heterocycles. The molecule has 27 heavy (non-hydrogen) atoms. The van der Waals surface area contributed by atoms with Gasteiger partial charge in [-0.25, -0.2) is 0 Å². The third-order valence-corrected chi connectivity index (χ3v) is 4.14. The van der Waals surface area contributed by atoms with E-state index >= 15 is 0 Å². The lowest BCUT2D eigenvalue weighted by molar-refractivity contribution is 0.102. The Hall–Kier alpha value is -3.27. The van der Waals surface area contributed by atoms with E-state index in [1.54, 1.807) is 18.2 Å². The smallest absolute Gasteiger partial charge is 0.255 e. The van der Waals surface area contributed by atoms with Crippen LogP contribution < -0.4 is 14.8 Å². The van der Waals surface area contributed by atoms with Crippen molar-refractivity contribution < 1.29 is 14.3 Å². The van der Waals surface area contributed by atoms with Gasteiger partial charge < -0.3 is 14.8 Å². The van der Waals surface area contributed by atoms with E-state index in [0.29, 0.717) is 30.3 Å². The second-order valence-corrected chi connectivity index (χ2v) is 6.14. The number of carbonyl (C=O) groups is 1. The number of carbonyl (C=O) groups excluding carboxylic acids is 1. The zero-order chi connectivity index (χ0) is 19.1. The molecule has 0 saturated carbocycles. The topological polar surface area (TPSA) is 47.6 Å². The molecule has 0 saturated heterocycles. The Balaban J connectivity index is 1.76. The highest BCUT2D eigenvalue weighted by Crippen LogP contribution is 2.30. The zero-order valence-corrected chi connectivity index (χ0v) is 15.6. The van der Waals surface area contributed by atoms with Crippen LogP contribution in [0.4, 0.5) is 5.69 Å². The van der Waals surface area contributed by atoms with Crippen LogP contribution in [-0.4, -0.2) is 12.5 Å². The highest BCUT2D eigenvalue weighted by molar-refractivity contribution is 6.05. The van der Waals surface area contributed by atoms with Crippen LogP contribution >= 0.6 is 0 Å². The average molecular weight is 361 g/mol. The van der Waals surface area contributed by atoms with Gasteiger partial charge in [0.1, 0.15) is 6.61 Å². The van der Waals surface area contributed by atoms with Gasteiger partial charge in [-0.05, 0) is 49.2 Å². The van der Waals surface area contributed by atoms with Gasteiger partial charge in [-0.1, -0.05) is 48.5 Å². The van der Waals surface area contributed by atoms with Gasteiger partial charge in [-0.3, -0.25) is 4.79 Å². The number of para-hydroxylation sites is 1. The van der Waals surface area contributed by atoms with E-state index in [-0.39, 0.29) is 5.91 Å². The summed E-state index contributed by atoms with van der Waals surface area (Å²) in [5.41, 5.74) is 3.40. The third-order valence-electron chi connectivity index (χ3n) is 4.14. The fourth-order valence-electron chi connectivity index (χ4n) is 2.68. The Kier molecular flexibility index (Phi) is 6.10. The van der Waals surface area contributed by atoms with Crippen molar-refractivity contribution in [2.75, 3.05) is 11.9 Å². The maximum absolute atomic E-state index is 12.6. The van der Waals surface area contributed by atoms with Gasteiger partial charge in [0.2, 0.25) is 0 Å². The van der Waals surface area contributed by atoms with Crippen molar-refractivity contribution in [1.29, 1.82) is 0 Å². The Morgan fingerprint density at radius 3 is 2.37 bits per heavy atom. The molecule has 0 heterocycles. The van der Waals surface area contributed by atoms with E-state index in [1.165, 1.54) is 0 Å². The van der Waals surface area contributed by atoms with E-state index in [9.17, 15) is 4.79 Å².